The Bertz CT molecular complexity index is 657. The molecule has 0 aliphatic carbocycles. The Morgan fingerprint density at radius 2 is 2.19 bits per heavy atom. The number of hydrogen-bond acceptors (Lipinski definition) is 5. The Kier molecular flexibility index (Phi) is 4.06. The Balaban J connectivity index is 2.00. The predicted octanol–water partition coefficient (Wildman–Crippen LogP) is 2.30. The number of nitrogens with zero attached hydrogens (tertiary/aromatic N) is 3. The first-order valence-electron chi connectivity index (χ1n) is 6.62. The second-order valence-electron chi connectivity index (χ2n) is 4.59. The summed E-state index contributed by atoms with van der Waals surface area (Å²) in [7, 11) is 1.61. The maximum absolute atomic E-state index is 12.6. The van der Waals surface area contributed by atoms with Gasteiger partial charge in [0.1, 0.15) is 11.4 Å². The van der Waals surface area contributed by atoms with Crippen molar-refractivity contribution in [3.8, 4) is 17.0 Å². The van der Waals surface area contributed by atoms with Gasteiger partial charge in [-0.1, -0.05) is 12.1 Å². The minimum atomic E-state index is -0.0640. The van der Waals surface area contributed by atoms with E-state index in [1.165, 1.54) is 0 Å². The fraction of sp³-hybridized carbons (Fsp3) is 0.267. The Morgan fingerprint density at radius 3 is 2.95 bits per heavy atom. The lowest BCUT2D eigenvalue weighted by Crippen LogP contribution is -2.29. The molecule has 1 saturated heterocycles. The fourth-order valence-corrected chi connectivity index (χ4v) is 3.15. The molecule has 0 radical (unpaired) electrons. The molecule has 1 aliphatic rings. The predicted molar refractivity (Wildman–Crippen MR) is 82.4 cm³/mol. The van der Waals surface area contributed by atoms with Crippen LogP contribution in [0.1, 0.15) is 10.5 Å². The molecule has 0 atom stereocenters. The molecule has 1 aromatic carbocycles. The van der Waals surface area contributed by atoms with Gasteiger partial charge in [0, 0.05) is 30.3 Å². The number of aromatic nitrogens is 2. The molecule has 0 unspecified atom stereocenters. The van der Waals surface area contributed by atoms with Crippen molar-refractivity contribution in [1.29, 1.82) is 0 Å². The number of benzene rings is 1. The summed E-state index contributed by atoms with van der Waals surface area (Å²) in [4.78, 5) is 23.0. The lowest BCUT2D eigenvalue weighted by atomic mass is 10.1. The molecule has 2 aromatic rings. The lowest BCUT2D eigenvalue weighted by Gasteiger charge is -2.15. The molecule has 2 heterocycles. The van der Waals surface area contributed by atoms with E-state index < -0.39 is 0 Å². The van der Waals surface area contributed by atoms with E-state index in [9.17, 15) is 4.79 Å². The van der Waals surface area contributed by atoms with Gasteiger partial charge in [-0.2, -0.15) is 0 Å². The zero-order chi connectivity index (χ0) is 14.7. The summed E-state index contributed by atoms with van der Waals surface area (Å²) in [5.41, 5.74) is 1.82. The summed E-state index contributed by atoms with van der Waals surface area (Å²) < 4.78 is 5.23. The summed E-state index contributed by atoms with van der Waals surface area (Å²) in [6.07, 6.45) is 3.16. The summed E-state index contributed by atoms with van der Waals surface area (Å²) in [5.74, 6) is 2.35. The van der Waals surface area contributed by atoms with Crippen molar-refractivity contribution in [3.63, 3.8) is 0 Å². The molecule has 108 valence electrons. The van der Waals surface area contributed by atoms with Gasteiger partial charge in [0.25, 0.3) is 5.91 Å². The van der Waals surface area contributed by atoms with Crippen molar-refractivity contribution >= 4 is 17.7 Å². The van der Waals surface area contributed by atoms with E-state index in [-0.39, 0.29) is 5.91 Å². The molecular formula is C15H15N3O2S. The molecule has 1 amide bonds. The number of hydrogen-bond donors (Lipinski definition) is 0. The van der Waals surface area contributed by atoms with Crippen molar-refractivity contribution in [2.24, 2.45) is 0 Å². The van der Waals surface area contributed by atoms with E-state index in [1.807, 2.05) is 24.3 Å². The molecule has 0 bridgehead atoms. The normalized spacial score (nSPS) is 14.2. The third kappa shape index (κ3) is 2.85. The molecule has 5 nitrogen and oxygen atoms in total. The highest BCUT2D eigenvalue weighted by atomic mass is 32.2. The quantitative estimate of drug-likeness (QED) is 0.870. The fourth-order valence-electron chi connectivity index (χ4n) is 2.20. The molecule has 1 aliphatic heterocycles. The van der Waals surface area contributed by atoms with Gasteiger partial charge in [0.05, 0.1) is 13.0 Å². The molecule has 0 spiro atoms. The van der Waals surface area contributed by atoms with Crippen molar-refractivity contribution in [1.82, 2.24) is 14.9 Å². The second kappa shape index (κ2) is 6.13. The Hall–Kier alpha value is -2.08. The highest BCUT2D eigenvalue weighted by Gasteiger charge is 2.24. The average Bonchev–Trinajstić information content (AvgIpc) is 3.09. The van der Waals surface area contributed by atoms with Gasteiger partial charge < -0.3 is 9.64 Å². The summed E-state index contributed by atoms with van der Waals surface area (Å²) in [6, 6.07) is 7.50. The zero-order valence-corrected chi connectivity index (χ0v) is 12.5. The van der Waals surface area contributed by atoms with Crippen LogP contribution in [-0.2, 0) is 0 Å². The molecular weight excluding hydrogens is 286 g/mol. The van der Waals surface area contributed by atoms with Crippen molar-refractivity contribution in [2.75, 3.05) is 25.3 Å². The minimum Gasteiger partial charge on any atom is -0.497 e. The van der Waals surface area contributed by atoms with Crippen LogP contribution in [0.15, 0.2) is 36.7 Å². The van der Waals surface area contributed by atoms with Crippen LogP contribution in [0.25, 0.3) is 11.3 Å². The first kappa shape index (κ1) is 13.9. The van der Waals surface area contributed by atoms with Crippen molar-refractivity contribution < 1.29 is 9.53 Å². The van der Waals surface area contributed by atoms with Crippen molar-refractivity contribution in [3.05, 3.63) is 42.4 Å². The topological polar surface area (TPSA) is 55.3 Å². The second-order valence-corrected chi connectivity index (χ2v) is 5.67. The van der Waals surface area contributed by atoms with E-state index in [0.717, 1.165) is 23.6 Å². The maximum atomic E-state index is 12.6. The van der Waals surface area contributed by atoms with E-state index in [2.05, 4.69) is 9.97 Å². The largest absolute Gasteiger partial charge is 0.497 e. The molecule has 0 saturated carbocycles. The minimum absolute atomic E-state index is 0.0640. The lowest BCUT2D eigenvalue weighted by molar-refractivity contribution is 0.0797. The number of carbonyl (C=O) groups excluding carboxylic acids is 1. The highest BCUT2D eigenvalue weighted by molar-refractivity contribution is 7.99. The number of methoxy groups -OCH3 is 1. The number of amides is 1. The Morgan fingerprint density at radius 1 is 1.33 bits per heavy atom. The first-order chi connectivity index (χ1) is 10.3. The SMILES string of the molecule is COc1cccc(-c2nccnc2C(=O)N2CCSC2)c1. The van der Waals surface area contributed by atoms with Crippen LogP contribution in [0, 0.1) is 0 Å². The molecule has 1 fully saturated rings. The monoisotopic (exact) mass is 301 g/mol. The van der Waals surface area contributed by atoms with E-state index in [4.69, 9.17) is 4.74 Å². The number of rotatable bonds is 3. The third-order valence-electron chi connectivity index (χ3n) is 3.28. The standard InChI is InChI=1S/C15H15N3O2S/c1-20-12-4-2-3-11(9-12)13-14(17-6-5-16-13)15(19)18-7-8-21-10-18/h2-6,9H,7-8,10H2,1H3. The number of carbonyl (C=O) groups is 1. The van der Waals surface area contributed by atoms with E-state index >= 15 is 0 Å². The van der Waals surface area contributed by atoms with Crippen LogP contribution in [0.2, 0.25) is 0 Å². The van der Waals surface area contributed by atoms with E-state index in [0.29, 0.717) is 17.3 Å². The van der Waals surface area contributed by atoms with Crippen LogP contribution < -0.4 is 4.74 Å². The molecule has 3 rings (SSSR count). The zero-order valence-electron chi connectivity index (χ0n) is 11.7. The van der Waals surface area contributed by atoms with Crippen LogP contribution in [0.5, 0.6) is 5.75 Å². The highest BCUT2D eigenvalue weighted by Crippen LogP contribution is 2.26. The average molecular weight is 301 g/mol. The van der Waals surface area contributed by atoms with Crippen LogP contribution in [0.3, 0.4) is 0 Å². The number of ether oxygens (including phenoxy) is 1. The van der Waals surface area contributed by atoms with E-state index in [1.54, 1.807) is 36.2 Å². The third-order valence-corrected chi connectivity index (χ3v) is 4.25. The molecule has 21 heavy (non-hydrogen) atoms. The van der Waals surface area contributed by atoms with Gasteiger partial charge in [-0.25, -0.2) is 4.98 Å². The maximum Gasteiger partial charge on any atom is 0.275 e. The molecule has 0 N–H and O–H groups in total. The summed E-state index contributed by atoms with van der Waals surface area (Å²) in [5, 5.41) is 0. The van der Waals surface area contributed by atoms with Gasteiger partial charge in [-0.3, -0.25) is 9.78 Å². The van der Waals surface area contributed by atoms with Gasteiger partial charge in [0.2, 0.25) is 0 Å². The van der Waals surface area contributed by atoms with Crippen LogP contribution in [0.4, 0.5) is 0 Å². The van der Waals surface area contributed by atoms with Crippen molar-refractivity contribution in [2.45, 2.75) is 0 Å². The van der Waals surface area contributed by atoms with Gasteiger partial charge in [-0.15, -0.1) is 11.8 Å². The summed E-state index contributed by atoms with van der Waals surface area (Å²) >= 11 is 1.75. The smallest absolute Gasteiger partial charge is 0.275 e. The van der Waals surface area contributed by atoms with Gasteiger partial charge in [0.15, 0.2) is 5.69 Å². The van der Waals surface area contributed by atoms with Gasteiger partial charge in [-0.05, 0) is 12.1 Å². The van der Waals surface area contributed by atoms with Crippen LogP contribution in [-0.4, -0.2) is 46.1 Å². The molecule has 1 aromatic heterocycles. The molecule has 6 heteroatoms. The van der Waals surface area contributed by atoms with Gasteiger partial charge >= 0.3 is 0 Å². The first-order valence-corrected chi connectivity index (χ1v) is 7.77. The number of thioether (sulfide) groups is 1. The summed E-state index contributed by atoms with van der Waals surface area (Å²) in [6.45, 7) is 0.762. The Labute approximate surface area is 127 Å². The van der Waals surface area contributed by atoms with Crippen LogP contribution >= 0.6 is 11.8 Å².